The molecule has 0 unspecified atom stereocenters. The fourth-order valence-corrected chi connectivity index (χ4v) is 3.74. The van der Waals surface area contributed by atoms with Gasteiger partial charge < -0.3 is 20.1 Å². The van der Waals surface area contributed by atoms with Gasteiger partial charge in [0.15, 0.2) is 0 Å². The van der Waals surface area contributed by atoms with Crippen LogP contribution in [0.3, 0.4) is 0 Å². The van der Waals surface area contributed by atoms with E-state index in [2.05, 4.69) is 15.6 Å². The number of rotatable bonds is 6. The molecule has 2 aromatic heterocycles. The Bertz CT molecular complexity index is 755. The lowest BCUT2D eigenvalue weighted by Crippen LogP contribution is -2.46. The molecule has 2 aromatic rings. The Morgan fingerprint density at radius 3 is 2.92 bits per heavy atom. The minimum absolute atomic E-state index is 0.0410. The first kappa shape index (κ1) is 18.6. The summed E-state index contributed by atoms with van der Waals surface area (Å²) >= 11 is 1.42. The van der Waals surface area contributed by atoms with Gasteiger partial charge in [0.25, 0.3) is 5.91 Å². The van der Waals surface area contributed by atoms with Crippen molar-refractivity contribution in [3.05, 3.63) is 40.6 Å². The number of carbonyl (C=O) groups is 2. The molecule has 0 aliphatic carbocycles. The predicted octanol–water partition coefficient (Wildman–Crippen LogP) is 1.38. The average Bonchev–Trinajstić information content (AvgIpc) is 3.34. The van der Waals surface area contributed by atoms with Gasteiger partial charge in [-0.2, -0.15) is 0 Å². The minimum atomic E-state index is -0.286. The average molecular weight is 375 g/mol. The van der Waals surface area contributed by atoms with E-state index in [4.69, 9.17) is 0 Å². The number of imidazole rings is 1. The fourth-order valence-electron chi connectivity index (χ4n) is 3.11. The van der Waals surface area contributed by atoms with E-state index in [1.807, 2.05) is 48.0 Å². The van der Waals surface area contributed by atoms with Crippen molar-refractivity contribution < 1.29 is 9.59 Å². The first-order valence-electron chi connectivity index (χ1n) is 8.80. The van der Waals surface area contributed by atoms with E-state index in [0.29, 0.717) is 24.4 Å². The number of aromatic nitrogens is 2. The number of amides is 2. The van der Waals surface area contributed by atoms with Gasteiger partial charge in [-0.15, -0.1) is 11.3 Å². The maximum Gasteiger partial charge on any atom is 0.261 e. The standard InChI is InChI=1S/C18H25N5O2S/c1-12(2)23(11-16-19-6-7-22(16)3)18(25)14-9-13(10-20-14)21-17(24)15-5-4-8-26-15/h4-8,12-14,20H,9-11H2,1-3H3,(H,21,24)/t13-,14+/m1/s1. The van der Waals surface area contributed by atoms with Crippen LogP contribution in [0.1, 0.15) is 35.8 Å². The molecular formula is C18H25N5O2S. The Hall–Kier alpha value is -2.19. The summed E-state index contributed by atoms with van der Waals surface area (Å²) in [6.07, 6.45) is 4.21. The van der Waals surface area contributed by atoms with Crippen molar-refractivity contribution in [1.29, 1.82) is 0 Å². The molecule has 140 valence electrons. The van der Waals surface area contributed by atoms with Crippen molar-refractivity contribution >= 4 is 23.2 Å². The number of nitrogens with zero attached hydrogens (tertiary/aromatic N) is 3. The quantitative estimate of drug-likeness (QED) is 0.799. The van der Waals surface area contributed by atoms with Gasteiger partial charge >= 0.3 is 0 Å². The van der Waals surface area contributed by atoms with Crippen molar-refractivity contribution in [3.8, 4) is 0 Å². The number of aryl methyl sites for hydroxylation is 1. The Morgan fingerprint density at radius 2 is 2.31 bits per heavy atom. The summed E-state index contributed by atoms with van der Waals surface area (Å²) in [6.45, 7) is 5.09. The summed E-state index contributed by atoms with van der Waals surface area (Å²) in [5.41, 5.74) is 0. The van der Waals surface area contributed by atoms with Gasteiger partial charge in [0, 0.05) is 38.1 Å². The van der Waals surface area contributed by atoms with Crippen LogP contribution in [0.5, 0.6) is 0 Å². The summed E-state index contributed by atoms with van der Waals surface area (Å²) in [5, 5.41) is 8.15. The van der Waals surface area contributed by atoms with Crippen LogP contribution in [0.15, 0.2) is 29.9 Å². The first-order valence-corrected chi connectivity index (χ1v) is 9.68. The lowest BCUT2D eigenvalue weighted by Gasteiger charge is -2.29. The van der Waals surface area contributed by atoms with Crippen molar-refractivity contribution in [2.75, 3.05) is 6.54 Å². The number of nitrogens with one attached hydrogen (secondary N) is 2. The number of thiophene rings is 1. The monoisotopic (exact) mass is 375 g/mol. The molecule has 1 aliphatic heterocycles. The molecule has 2 N–H and O–H groups in total. The summed E-state index contributed by atoms with van der Waals surface area (Å²) in [4.78, 5) is 32.0. The van der Waals surface area contributed by atoms with Crippen LogP contribution in [0.25, 0.3) is 0 Å². The number of hydrogen-bond acceptors (Lipinski definition) is 5. The summed E-state index contributed by atoms with van der Waals surface area (Å²) in [7, 11) is 1.93. The SMILES string of the molecule is CC(C)N(Cc1nccn1C)C(=O)[C@@H]1C[C@@H](NC(=O)c2cccs2)CN1. The second-order valence-electron chi connectivity index (χ2n) is 6.86. The highest BCUT2D eigenvalue weighted by Gasteiger charge is 2.34. The summed E-state index contributed by atoms with van der Waals surface area (Å²) in [6, 6.07) is 3.41. The Balaban J connectivity index is 1.60. The molecule has 26 heavy (non-hydrogen) atoms. The van der Waals surface area contributed by atoms with Crippen LogP contribution in [0, 0.1) is 0 Å². The van der Waals surface area contributed by atoms with Crippen molar-refractivity contribution in [2.24, 2.45) is 7.05 Å². The maximum absolute atomic E-state index is 13.0. The lowest BCUT2D eigenvalue weighted by atomic mass is 10.1. The molecule has 2 amide bonds. The molecule has 0 aromatic carbocycles. The molecule has 3 heterocycles. The normalized spacial score (nSPS) is 19.7. The molecule has 0 radical (unpaired) electrons. The molecule has 2 atom stereocenters. The zero-order valence-electron chi connectivity index (χ0n) is 15.3. The zero-order chi connectivity index (χ0) is 18.7. The second kappa shape index (κ2) is 8.01. The molecule has 0 spiro atoms. The maximum atomic E-state index is 13.0. The van der Waals surface area contributed by atoms with E-state index >= 15 is 0 Å². The van der Waals surface area contributed by atoms with Gasteiger partial charge in [0.1, 0.15) is 5.82 Å². The summed E-state index contributed by atoms with van der Waals surface area (Å²) in [5.74, 6) is 0.831. The van der Waals surface area contributed by atoms with Gasteiger partial charge in [0.05, 0.1) is 17.5 Å². The zero-order valence-corrected chi connectivity index (χ0v) is 16.1. The molecule has 3 rings (SSSR count). The second-order valence-corrected chi connectivity index (χ2v) is 7.81. The van der Waals surface area contributed by atoms with Crippen LogP contribution in [-0.4, -0.2) is 50.9 Å². The molecule has 1 fully saturated rings. The minimum Gasteiger partial charge on any atom is -0.347 e. The smallest absolute Gasteiger partial charge is 0.261 e. The van der Waals surface area contributed by atoms with E-state index in [9.17, 15) is 9.59 Å². The van der Waals surface area contributed by atoms with Crippen molar-refractivity contribution in [2.45, 2.75) is 44.9 Å². The lowest BCUT2D eigenvalue weighted by molar-refractivity contribution is -0.135. The fraction of sp³-hybridized carbons (Fsp3) is 0.500. The van der Waals surface area contributed by atoms with Crippen LogP contribution in [0.4, 0.5) is 0 Å². The third kappa shape index (κ3) is 4.13. The first-order chi connectivity index (χ1) is 12.5. The van der Waals surface area contributed by atoms with Gasteiger partial charge in [-0.1, -0.05) is 6.07 Å². The number of hydrogen-bond donors (Lipinski definition) is 2. The third-order valence-corrected chi connectivity index (χ3v) is 5.52. The van der Waals surface area contributed by atoms with E-state index in [-0.39, 0.29) is 29.9 Å². The Morgan fingerprint density at radius 1 is 1.50 bits per heavy atom. The van der Waals surface area contributed by atoms with Gasteiger partial charge in [-0.3, -0.25) is 9.59 Å². The highest BCUT2D eigenvalue weighted by molar-refractivity contribution is 7.12. The molecule has 0 saturated carbocycles. The predicted molar refractivity (Wildman–Crippen MR) is 101 cm³/mol. The summed E-state index contributed by atoms with van der Waals surface area (Å²) < 4.78 is 1.93. The number of carbonyl (C=O) groups excluding carboxylic acids is 2. The Labute approximate surface area is 157 Å². The molecule has 8 heteroatoms. The van der Waals surface area contributed by atoms with Gasteiger partial charge in [-0.25, -0.2) is 4.98 Å². The molecule has 1 aliphatic rings. The highest BCUT2D eigenvalue weighted by Crippen LogP contribution is 2.16. The molecule has 1 saturated heterocycles. The van der Waals surface area contributed by atoms with Crippen LogP contribution in [0.2, 0.25) is 0 Å². The van der Waals surface area contributed by atoms with Crippen LogP contribution in [-0.2, 0) is 18.4 Å². The molecule has 0 bridgehead atoms. The highest BCUT2D eigenvalue weighted by atomic mass is 32.1. The van der Waals surface area contributed by atoms with Crippen molar-refractivity contribution in [1.82, 2.24) is 25.1 Å². The third-order valence-electron chi connectivity index (χ3n) is 4.65. The van der Waals surface area contributed by atoms with E-state index in [1.165, 1.54) is 11.3 Å². The van der Waals surface area contributed by atoms with E-state index in [1.54, 1.807) is 12.3 Å². The van der Waals surface area contributed by atoms with Gasteiger partial charge in [-0.05, 0) is 31.7 Å². The van der Waals surface area contributed by atoms with E-state index in [0.717, 1.165) is 5.82 Å². The van der Waals surface area contributed by atoms with Gasteiger partial charge in [0.2, 0.25) is 5.91 Å². The largest absolute Gasteiger partial charge is 0.347 e. The Kier molecular flexibility index (Phi) is 5.73. The topological polar surface area (TPSA) is 79.3 Å². The van der Waals surface area contributed by atoms with Crippen LogP contribution >= 0.6 is 11.3 Å². The van der Waals surface area contributed by atoms with Crippen molar-refractivity contribution in [3.63, 3.8) is 0 Å². The van der Waals surface area contributed by atoms with Crippen LogP contribution < -0.4 is 10.6 Å². The molecule has 7 nitrogen and oxygen atoms in total. The molecular weight excluding hydrogens is 350 g/mol. The van der Waals surface area contributed by atoms with E-state index < -0.39 is 0 Å².